The van der Waals surface area contributed by atoms with Gasteiger partial charge < -0.3 is 9.47 Å². The Labute approximate surface area is 149 Å². The molecule has 26 heavy (non-hydrogen) atoms. The number of nitriles is 1. The van der Waals surface area contributed by atoms with Crippen molar-refractivity contribution in [1.29, 1.82) is 5.26 Å². The van der Waals surface area contributed by atoms with Crippen molar-refractivity contribution in [3.63, 3.8) is 0 Å². The van der Waals surface area contributed by atoms with Gasteiger partial charge in [0.2, 0.25) is 0 Å². The minimum Gasteiger partial charge on any atom is -0.486 e. The third kappa shape index (κ3) is 2.60. The highest BCUT2D eigenvalue weighted by Gasteiger charge is 2.35. The van der Waals surface area contributed by atoms with Gasteiger partial charge in [-0.25, -0.2) is 0 Å². The van der Waals surface area contributed by atoms with Gasteiger partial charge in [-0.15, -0.1) is 0 Å². The summed E-state index contributed by atoms with van der Waals surface area (Å²) in [6, 6.07) is 12.1. The fourth-order valence-corrected chi connectivity index (χ4v) is 3.03. The van der Waals surface area contributed by atoms with Crippen LogP contribution in [-0.2, 0) is 6.54 Å². The maximum absolute atomic E-state index is 12.6. The van der Waals surface area contributed by atoms with Gasteiger partial charge in [0, 0.05) is 6.07 Å². The third-order valence-corrected chi connectivity index (χ3v) is 4.33. The molecule has 2 heterocycles. The molecule has 128 valence electrons. The van der Waals surface area contributed by atoms with E-state index in [1.165, 1.54) is 0 Å². The van der Waals surface area contributed by atoms with Crippen molar-refractivity contribution in [2.24, 2.45) is 0 Å². The second kappa shape index (κ2) is 6.37. The standard InChI is InChI=1S/C20H14N2O4/c21-11-13-9-17-18(26-8-4-3-7-25-17)10-14(13)12-22-19(23)15-5-1-2-6-16(15)20(22)24/h1-6,9-10H,7-8,12H2/b4-3-. The predicted molar refractivity (Wildman–Crippen MR) is 91.9 cm³/mol. The van der Waals surface area contributed by atoms with E-state index in [0.29, 0.717) is 47.0 Å². The molecule has 6 heteroatoms. The van der Waals surface area contributed by atoms with E-state index in [4.69, 9.17) is 9.47 Å². The van der Waals surface area contributed by atoms with Crippen LogP contribution >= 0.6 is 0 Å². The van der Waals surface area contributed by atoms with Crippen molar-refractivity contribution in [3.8, 4) is 17.6 Å². The smallest absolute Gasteiger partial charge is 0.261 e. The molecule has 4 rings (SSSR count). The van der Waals surface area contributed by atoms with Gasteiger partial charge in [0.15, 0.2) is 11.5 Å². The lowest BCUT2D eigenvalue weighted by Crippen LogP contribution is -2.29. The molecule has 0 aromatic heterocycles. The molecule has 0 unspecified atom stereocenters. The van der Waals surface area contributed by atoms with E-state index in [-0.39, 0.29) is 18.4 Å². The van der Waals surface area contributed by atoms with Gasteiger partial charge >= 0.3 is 0 Å². The first-order chi connectivity index (χ1) is 12.7. The number of imide groups is 1. The number of hydrogen-bond acceptors (Lipinski definition) is 5. The molecule has 0 saturated heterocycles. The van der Waals surface area contributed by atoms with Crippen molar-refractivity contribution in [1.82, 2.24) is 4.90 Å². The topological polar surface area (TPSA) is 79.6 Å². The van der Waals surface area contributed by atoms with E-state index >= 15 is 0 Å². The van der Waals surface area contributed by atoms with E-state index in [1.807, 2.05) is 12.2 Å². The Hall–Kier alpha value is -3.59. The average molecular weight is 346 g/mol. The van der Waals surface area contributed by atoms with Crippen LogP contribution in [0.15, 0.2) is 48.6 Å². The van der Waals surface area contributed by atoms with Crippen LogP contribution in [0.2, 0.25) is 0 Å². The minimum absolute atomic E-state index is 0.00171. The number of fused-ring (bicyclic) bond motifs is 2. The first-order valence-electron chi connectivity index (χ1n) is 8.12. The lowest BCUT2D eigenvalue weighted by Gasteiger charge is -2.18. The van der Waals surface area contributed by atoms with E-state index in [2.05, 4.69) is 6.07 Å². The maximum Gasteiger partial charge on any atom is 0.261 e. The van der Waals surface area contributed by atoms with Crippen molar-refractivity contribution < 1.29 is 19.1 Å². The summed E-state index contributed by atoms with van der Waals surface area (Å²) in [5, 5.41) is 9.48. The first-order valence-corrected chi connectivity index (χ1v) is 8.12. The van der Waals surface area contributed by atoms with Crippen LogP contribution < -0.4 is 9.47 Å². The van der Waals surface area contributed by atoms with Crippen molar-refractivity contribution in [2.75, 3.05) is 13.2 Å². The van der Waals surface area contributed by atoms with Gasteiger partial charge in [-0.2, -0.15) is 5.26 Å². The quantitative estimate of drug-likeness (QED) is 0.617. The zero-order valence-corrected chi connectivity index (χ0v) is 13.8. The SMILES string of the molecule is N#Cc1cc2c(cc1CN1C(=O)c3ccccc3C1=O)OC/C=C\CO2. The molecule has 0 N–H and O–H groups in total. The Morgan fingerprint density at radius 1 is 0.962 bits per heavy atom. The third-order valence-electron chi connectivity index (χ3n) is 4.33. The fraction of sp³-hybridized carbons (Fsp3) is 0.150. The molecular weight excluding hydrogens is 332 g/mol. The van der Waals surface area contributed by atoms with Gasteiger partial charge in [0.25, 0.3) is 11.8 Å². The normalized spacial score (nSPS) is 16.5. The number of hydrogen-bond donors (Lipinski definition) is 0. The monoisotopic (exact) mass is 346 g/mol. The molecule has 2 aliphatic rings. The van der Waals surface area contributed by atoms with Crippen LogP contribution in [0.1, 0.15) is 31.8 Å². The fourth-order valence-electron chi connectivity index (χ4n) is 3.03. The van der Waals surface area contributed by atoms with Crippen molar-refractivity contribution in [3.05, 3.63) is 70.8 Å². The number of amides is 2. The summed E-state index contributed by atoms with van der Waals surface area (Å²) in [6.07, 6.45) is 3.67. The lowest BCUT2D eigenvalue weighted by atomic mass is 10.1. The number of benzene rings is 2. The number of carbonyl (C=O) groups is 2. The van der Waals surface area contributed by atoms with Crippen LogP contribution in [0.5, 0.6) is 11.5 Å². The summed E-state index contributed by atoms with van der Waals surface area (Å²) in [5.41, 5.74) is 1.64. The Balaban J connectivity index is 1.69. The van der Waals surface area contributed by atoms with E-state index in [1.54, 1.807) is 36.4 Å². The highest BCUT2D eigenvalue weighted by atomic mass is 16.5. The van der Waals surface area contributed by atoms with Crippen LogP contribution in [0, 0.1) is 11.3 Å². The first kappa shape index (κ1) is 15.9. The molecule has 6 nitrogen and oxygen atoms in total. The van der Waals surface area contributed by atoms with Gasteiger partial charge in [-0.3, -0.25) is 14.5 Å². The van der Waals surface area contributed by atoms with Crippen molar-refractivity contribution in [2.45, 2.75) is 6.54 Å². The molecule has 2 aromatic rings. The summed E-state index contributed by atoms with van der Waals surface area (Å²) in [7, 11) is 0. The summed E-state index contributed by atoms with van der Waals surface area (Å²) >= 11 is 0. The Kier molecular flexibility index (Phi) is 3.90. The molecule has 0 aliphatic carbocycles. The molecule has 0 spiro atoms. The summed E-state index contributed by atoms with van der Waals surface area (Å²) in [5.74, 6) is 0.236. The molecule has 0 fully saturated rings. The van der Waals surface area contributed by atoms with E-state index in [0.717, 1.165) is 4.90 Å². The van der Waals surface area contributed by atoms with Gasteiger partial charge in [0.1, 0.15) is 13.2 Å². The Bertz CT molecular complexity index is 953. The number of nitrogens with zero attached hydrogens (tertiary/aromatic N) is 2. The summed E-state index contributed by atoms with van der Waals surface area (Å²) in [4.78, 5) is 26.3. The number of carbonyl (C=O) groups excluding carboxylic acids is 2. The maximum atomic E-state index is 12.6. The second-order valence-electron chi connectivity index (χ2n) is 5.90. The average Bonchev–Trinajstić information content (AvgIpc) is 2.88. The Morgan fingerprint density at radius 3 is 2.12 bits per heavy atom. The largest absolute Gasteiger partial charge is 0.486 e. The number of ether oxygens (including phenoxy) is 2. The summed E-state index contributed by atoms with van der Waals surface area (Å²) in [6.45, 7) is 0.773. The predicted octanol–water partition coefficient (Wildman–Crippen LogP) is 2.68. The summed E-state index contributed by atoms with van der Waals surface area (Å²) < 4.78 is 11.2. The zero-order valence-electron chi connectivity index (χ0n) is 13.8. The van der Waals surface area contributed by atoms with Crippen LogP contribution in [-0.4, -0.2) is 29.9 Å². The zero-order chi connectivity index (χ0) is 18.1. The van der Waals surface area contributed by atoms with E-state index < -0.39 is 0 Å². The van der Waals surface area contributed by atoms with Gasteiger partial charge in [-0.05, 0) is 35.9 Å². The van der Waals surface area contributed by atoms with Crippen LogP contribution in [0.25, 0.3) is 0 Å². The van der Waals surface area contributed by atoms with Gasteiger partial charge in [0.05, 0.1) is 29.3 Å². The molecule has 0 saturated carbocycles. The van der Waals surface area contributed by atoms with Crippen LogP contribution in [0.3, 0.4) is 0 Å². The highest BCUT2D eigenvalue weighted by Crippen LogP contribution is 2.33. The molecule has 0 atom stereocenters. The second-order valence-corrected chi connectivity index (χ2v) is 5.90. The molecular formula is C20H14N2O4. The van der Waals surface area contributed by atoms with Crippen LogP contribution in [0.4, 0.5) is 0 Å². The minimum atomic E-state index is -0.360. The number of rotatable bonds is 2. The highest BCUT2D eigenvalue weighted by molar-refractivity contribution is 6.21. The van der Waals surface area contributed by atoms with Gasteiger partial charge in [-0.1, -0.05) is 12.1 Å². The van der Waals surface area contributed by atoms with E-state index in [9.17, 15) is 14.9 Å². The van der Waals surface area contributed by atoms with Crippen molar-refractivity contribution >= 4 is 11.8 Å². The molecule has 2 aliphatic heterocycles. The molecule has 0 bridgehead atoms. The molecule has 0 radical (unpaired) electrons. The lowest BCUT2D eigenvalue weighted by molar-refractivity contribution is 0.0642. The molecule has 2 aromatic carbocycles. The Morgan fingerprint density at radius 2 is 1.54 bits per heavy atom. The molecule has 2 amide bonds.